The maximum Gasteiger partial charge on any atom is 0.387 e. The van der Waals surface area contributed by atoms with E-state index >= 15 is 0 Å². The maximum absolute atomic E-state index is 12.6. The van der Waals surface area contributed by atoms with Crippen molar-refractivity contribution in [1.82, 2.24) is 8.96 Å². The number of hydrogen-bond acceptors (Lipinski definition) is 7. The molecule has 0 amide bonds. The molecule has 0 spiro atoms. The van der Waals surface area contributed by atoms with Gasteiger partial charge in [0.2, 0.25) is 5.75 Å². The van der Waals surface area contributed by atoms with Crippen molar-refractivity contribution in [3.8, 4) is 17.2 Å². The Hall–Kier alpha value is -2.59. The van der Waals surface area contributed by atoms with Gasteiger partial charge in [0.15, 0.2) is 11.5 Å². The van der Waals surface area contributed by atoms with Gasteiger partial charge < -0.3 is 14.2 Å². The molecular weight excluding hydrogens is 398 g/mol. The fraction of sp³-hybridized carbons (Fsp3) is 0.176. The minimum atomic E-state index is -3.00. The molecule has 0 aliphatic heterocycles. The summed E-state index contributed by atoms with van der Waals surface area (Å²) in [5, 5.41) is 1.70. The second-order valence-corrected chi connectivity index (χ2v) is 6.89. The normalized spacial score (nSPS) is 11.4. The molecule has 0 fully saturated rings. The molecule has 0 atom stereocenters. The number of benzene rings is 1. The molecule has 27 heavy (non-hydrogen) atoms. The van der Waals surface area contributed by atoms with Crippen molar-refractivity contribution in [1.29, 1.82) is 0 Å². The second kappa shape index (κ2) is 8.40. The summed E-state index contributed by atoms with van der Waals surface area (Å²) in [6.07, 6.45) is 4.96. The Kier molecular flexibility index (Phi) is 5.97. The lowest BCUT2D eigenvalue weighted by Gasteiger charge is -2.14. The Balaban J connectivity index is 1.88. The minimum Gasteiger partial charge on any atom is -0.493 e. The average molecular weight is 412 g/mol. The molecule has 0 aliphatic rings. The Bertz CT molecular complexity index is 1010. The Labute approximate surface area is 161 Å². The van der Waals surface area contributed by atoms with E-state index in [1.54, 1.807) is 33.9 Å². The minimum absolute atomic E-state index is 0.114. The predicted octanol–water partition coefficient (Wildman–Crippen LogP) is 4.24. The van der Waals surface area contributed by atoms with Gasteiger partial charge >= 0.3 is 11.5 Å². The van der Waals surface area contributed by atoms with Gasteiger partial charge in [0, 0.05) is 12.4 Å². The van der Waals surface area contributed by atoms with E-state index in [2.05, 4.69) is 9.72 Å². The number of nitrogens with zero attached hydrogens (tertiary/aromatic N) is 2. The molecule has 142 valence electrons. The Morgan fingerprint density at radius 1 is 1.26 bits per heavy atom. The fourth-order valence-electron chi connectivity index (χ4n) is 2.32. The Morgan fingerprint density at radius 2 is 1.96 bits per heavy atom. The number of alkyl halides is 2. The fourth-order valence-corrected chi connectivity index (χ4v) is 4.07. The number of methoxy groups -OCH3 is 2. The quantitative estimate of drug-likeness (QED) is 0.578. The van der Waals surface area contributed by atoms with Crippen molar-refractivity contribution in [3.05, 3.63) is 51.2 Å². The lowest BCUT2D eigenvalue weighted by Crippen LogP contribution is -2.05. The lowest BCUT2D eigenvalue weighted by molar-refractivity contribution is -0.0526. The number of halogens is 2. The number of fused-ring (bicyclic) bond motifs is 1. The summed E-state index contributed by atoms with van der Waals surface area (Å²) in [5.74, 6) is 0.0550. The van der Waals surface area contributed by atoms with E-state index in [-0.39, 0.29) is 22.1 Å². The van der Waals surface area contributed by atoms with E-state index < -0.39 is 6.61 Å². The number of rotatable bonds is 7. The zero-order valence-electron chi connectivity index (χ0n) is 14.2. The highest BCUT2D eigenvalue weighted by molar-refractivity contribution is 8.01. The highest BCUT2D eigenvalue weighted by atomic mass is 32.2. The van der Waals surface area contributed by atoms with E-state index in [1.807, 2.05) is 0 Å². The SMILES string of the molecule is COc1cc(/C=C/Sn2c(=O)sc3cnccc32)cc(OC)c1OC(F)F. The highest BCUT2D eigenvalue weighted by Crippen LogP contribution is 2.40. The zero-order chi connectivity index (χ0) is 19.4. The van der Waals surface area contributed by atoms with E-state index in [1.165, 1.54) is 38.3 Å². The van der Waals surface area contributed by atoms with Crippen LogP contribution in [0.4, 0.5) is 8.78 Å². The molecule has 6 nitrogen and oxygen atoms in total. The van der Waals surface area contributed by atoms with Crippen LogP contribution < -0.4 is 19.1 Å². The summed E-state index contributed by atoms with van der Waals surface area (Å²) >= 11 is 2.30. The largest absolute Gasteiger partial charge is 0.493 e. The highest BCUT2D eigenvalue weighted by Gasteiger charge is 2.17. The number of thiazole rings is 1. The third kappa shape index (κ3) is 4.22. The van der Waals surface area contributed by atoms with Crippen LogP contribution in [0.2, 0.25) is 0 Å². The van der Waals surface area contributed by atoms with E-state index in [4.69, 9.17) is 9.47 Å². The van der Waals surface area contributed by atoms with Gasteiger partial charge in [-0.05, 0) is 47.2 Å². The third-order valence-electron chi connectivity index (χ3n) is 3.46. The predicted molar refractivity (Wildman–Crippen MR) is 102 cm³/mol. The molecule has 0 unspecified atom stereocenters. The number of ether oxygens (including phenoxy) is 3. The topological polar surface area (TPSA) is 62.6 Å². The lowest BCUT2D eigenvalue weighted by atomic mass is 10.2. The number of pyridine rings is 1. The first-order valence-electron chi connectivity index (χ1n) is 7.53. The summed E-state index contributed by atoms with van der Waals surface area (Å²) in [6.45, 7) is -3.00. The van der Waals surface area contributed by atoms with Crippen LogP contribution in [0, 0.1) is 0 Å². The van der Waals surface area contributed by atoms with Crippen LogP contribution in [-0.4, -0.2) is 29.8 Å². The third-order valence-corrected chi connectivity index (χ3v) is 5.30. The second-order valence-electron chi connectivity index (χ2n) is 5.05. The molecule has 2 aromatic heterocycles. The summed E-state index contributed by atoms with van der Waals surface area (Å²) in [4.78, 5) is 16.0. The van der Waals surface area contributed by atoms with Crippen LogP contribution in [0.15, 0.2) is 40.8 Å². The van der Waals surface area contributed by atoms with Crippen LogP contribution in [-0.2, 0) is 0 Å². The standard InChI is InChI=1S/C17H14F2N2O4S2/c1-23-12-7-10(8-13(24-2)15(12)25-16(18)19)4-6-26-21-11-3-5-20-9-14(11)27-17(21)22/h3-9,16H,1-2H3/b6-4+. The van der Waals surface area contributed by atoms with Crippen LogP contribution in [0.3, 0.4) is 0 Å². The van der Waals surface area contributed by atoms with Gasteiger partial charge in [0.25, 0.3) is 0 Å². The van der Waals surface area contributed by atoms with Crippen molar-refractivity contribution in [2.24, 2.45) is 0 Å². The van der Waals surface area contributed by atoms with Gasteiger partial charge in [-0.1, -0.05) is 11.3 Å². The molecule has 1 aromatic carbocycles. The van der Waals surface area contributed by atoms with Crippen molar-refractivity contribution in [2.45, 2.75) is 6.61 Å². The Morgan fingerprint density at radius 3 is 2.59 bits per heavy atom. The summed E-state index contributed by atoms with van der Waals surface area (Å²) < 4.78 is 42.2. The van der Waals surface area contributed by atoms with Crippen LogP contribution >= 0.6 is 23.3 Å². The molecule has 3 aromatic rings. The molecule has 0 radical (unpaired) electrons. The molecule has 10 heteroatoms. The van der Waals surface area contributed by atoms with Gasteiger partial charge in [0.05, 0.1) is 24.4 Å². The summed E-state index contributed by atoms with van der Waals surface area (Å²) in [5.41, 5.74) is 1.40. The van der Waals surface area contributed by atoms with Crippen LogP contribution in [0.25, 0.3) is 16.3 Å². The molecule has 2 heterocycles. The number of aromatic nitrogens is 2. The monoisotopic (exact) mass is 412 g/mol. The van der Waals surface area contributed by atoms with Crippen molar-refractivity contribution in [2.75, 3.05) is 14.2 Å². The average Bonchev–Trinajstić information content (AvgIpc) is 2.97. The zero-order valence-corrected chi connectivity index (χ0v) is 15.9. The van der Waals surface area contributed by atoms with Crippen molar-refractivity contribution in [3.63, 3.8) is 0 Å². The van der Waals surface area contributed by atoms with Gasteiger partial charge in [-0.15, -0.1) is 0 Å². The van der Waals surface area contributed by atoms with Gasteiger partial charge in [0.1, 0.15) is 0 Å². The molecule has 0 saturated carbocycles. The molecule has 0 aliphatic carbocycles. The van der Waals surface area contributed by atoms with E-state index in [0.29, 0.717) is 5.56 Å². The van der Waals surface area contributed by atoms with Crippen molar-refractivity contribution < 1.29 is 23.0 Å². The van der Waals surface area contributed by atoms with Gasteiger partial charge in [-0.3, -0.25) is 9.78 Å². The smallest absolute Gasteiger partial charge is 0.387 e. The first-order chi connectivity index (χ1) is 13.0. The molecule has 0 bridgehead atoms. The van der Waals surface area contributed by atoms with Crippen LogP contribution in [0.1, 0.15) is 5.56 Å². The summed E-state index contributed by atoms with van der Waals surface area (Å²) in [7, 11) is 2.70. The first-order valence-corrected chi connectivity index (χ1v) is 9.19. The van der Waals surface area contributed by atoms with E-state index in [9.17, 15) is 13.6 Å². The number of hydrogen-bond donors (Lipinski definition) is 0. The maximum atomic E-state index is 12.6. The first kappa shape index (κ1) is 19.2. The van der Waals surface area contributed by atoms with Gasteiger partial charge in [-0.25, -0.2) is 3.97 Å². The van der Waals surface area contributed by atoms with Gasteiger partial charge in [-0.2, -0.15) is 8.78 Å². The molecule has 0 N–H and O–H groups in total. The molecule has 0 saturated heterocycles. The van der Waals surface area contributed by atoms with E-state index in [0.717, 1.165) is 21.6 Å². The molecular formula is C17H14F2N2O4S2. The van der Waals surface area contributed by atoms with Crippen LogP contribution in [0.5, 0.6) is 17.2 Å². The van der Waals surface area contributed by atoms with Crippen molar-refractivity contribution >= 4 is 39.6 Å². The molecule has 3 rings (SSSR count). The summed E-state index contributed by atoms with van der Waals surface area (Å²) in [6, 6.07) is 4.84.